The average Bonchev–Trinajstić information content (AvgIpc) is 2.07. The standard InChI is InChI=1S/C7H8Cl2N2O/c8-6-1-5(3-12-4-10)2-11-7(6)9/h1-2H,3-4,10H2. The normalized spacial score (nSPS) is 10.2. The number of hydrogen-bond acceptors (Lipinski definition) is 3. The SMILES string of the molecule is NCOCc1cnc(Cl)c(Cl)c1. The summed E-state index contributed by atoms with van der Waals surface area (Å²) in [4.78, 5) is 3.84. The largest absolute Gasteiger partial charge is 0.362 e. The Hall–Kier alpha value is -0.350. The summed E-state index contributed by atoms with van der Waals surface area (Å²) < 4.78 is 4.95. The van der Waals surface area contributed by atoms with Gasteiger partial charge in [0.15, 0.2) is 0 Å². The summed E-state index contributed by atoms with van der Waals surface area (Å²) in [7, 11) is 0. The van der Waals surface area contributed by atoms with Gasteiger partial charge in [0.2, 0.25) is 0 Å². The molecular weight excluding hydrogens is 199 g/mol. The lowest BCUT2D eigenvalue weighted by molar-refractivity contribution is 0.127. The van der Waals surface area contributed by atoms with E-state index in [1.54, 1.807) is 12.3 Å². The highest BCUT2D eigenvalue weighted by atomic mass is 35.5. The fraction of sp³-hybridized carbons (Fsp3) is 0.286. The molecule has 0 bridgehead atoms. The van der Waals surface area contributed by atoms with Crippen molar-refractivity contribution in [3.8, 4) is 0 Å². The first kappa shape index (κ1) is 9.74. The van der Waals surface area contributed by atoms with Crippen LogP contribution in [0.5, 0.6) is 0 Å². The molecule has 1 heterocycles. The summed E-state index contributed by atoms with van der Waals surface area (Å²) in [5.41, 5.74) is 6.00. The minimum atomic E-state index is 0.181. The van der Waals surface area contributed by atoms with Gasteiger partial charge in [-0.3, -0.25) is 0 Å². The summed E-state index contributed by atoms with van der Waals surface area (Å²) in [5.74, 6) is 0. The van der Waals surface area contributed by atoms with Crippen LogP contribution in [0.1, 0.15) is 5.56 Å². The van der Waals surface area contributed by atoms with Crippen molar-refractivity contribution in [1.82, 2.24) is 4.98 Å². The average molecular weight is 207 g/mol. The van der Waals surface area contributed by atoms with Gasteiger partial charge in [-0.15, -0.1) is 0 Å². The molecule has 12 heavy (non-hydrogen) atoms. The molecule has 0 aliphatic carbocycles. The molecule has 0 saturated heterocycles. The third-order valence-electron chi connectivity index (χ3n) is 1.24. The molecule has 0 amide bonds. The second kappa shape index (κ2) is 4.62. The molecule has 0 aromatic carbocycles. The minimum absolute atomic E-state index is 0.181. The maximum atomic E-state index is 5.71. The van der Waals surface area contributed by atoms with Crippen molar-refractivity contribution in [2.45, 2.75) is 6.61 Å². The Morgan fingerprint density at radius 3 is 2.83 bits per heavy atom. The molecule has 0 aliphatic heterocycles. The van der Waals surface area contributed by atoms with Gasteiger partial charge < -0.3 is 10.5 Å². The number of nitrogens with two attached hydrogens (primary N) is 1. The molecule has 0 radical (unpaired) electrons. The summed E-state index contributed by atoms with van der Waals surface area (Å²) in [6, 6.07) is 1.70. The smallest absolute Gasteiger partial charge is 0.147 e. The van der Waals surface area contributed by atoms with Gasteiger partial charge in [0.1, 0.15) is 5.15 Å². The minimum Gasteiger partial charge on any atom is -0.362 e. The summed E-state index contributed by atoms with van der Waals surface area (Å²) in [5, 5.41) is 0.725. The zero-order valence-electron chi connectivity index (χ0n) is 6.26. The molecule has 0 aliphatic rings. The maximum absolute atomic E-state index is 5.71. The maximum Gasteiger partial charge on any atom is 0.147 e. The van der Waals surface area contributed by atoms with Crippen LogP contribution in [-0.2, 0) is 11.3 Å². The van der Waals surface area contributed by atoms with Crippen LogP contribution in [0.4, 0.5) is 0 Å². The predicted octanol–water partition coefficient (Wildman–Crippen LogP) is 1.82. The van der Waals surface area contributed by atoms with E-state index in [1.807, 2.05) is 0 Å². The Morgan fingerprint density at radius 2 is 2.25 bits per heavy atom. The Balaban J connectivity index is 2.69. The van der Waals surface area contributed by atoms with E-state index in [2.05, 4.69) is 4.98 Å². The zero-order valence-corrected chi connectivity index (χ0v) is 7.77. The molecule has 5 heteroatoms. The molecule has 1 aromatic rings. The van der Waals surface area contributed by atoms with Gasteiger partial charge in [-0.25, -0.2) is 4.98 Å². The van der Waals surface area contributed by atoms with Crippen LogP contribution in [0.25, 0.3) is 0 Å². The second-order valence-corrected chi connectivity index (χ2v) is 2.90. The highest BCUT2D eigenvalue weighted by Crippen LogP contribution is 2.19. The van der Waals surface area contributed by atoms with Gasteiger partial charge in [0.25, 0.3) is 0 Å². The van der Waals surface area contributed by atoms with Crippen LogP contribution in [0.15, 0.2) is 12.3 Å². The fourth-order valence-corrected chi connectivity index (χ4v) is 1.01. The first-order chi connectivity index (χ1) is 5.74. The van der Waals surface area contributed by atoms with Crippen LogP contribution in [0.2, 0.25) is 10.2 Å². The number of nitrogens with zero attached hydrogens (tertiary/aromatic N) is 1. The van der Waals surface area contributed by atoms with E-state index < -0.39 is 0 Å². The van der Waals surface area contributed by atoms with E-state index in [9.17, 15) is 0 Å². The predicted molar refractivity (Wildman–Crippen MR) is 48.1 cm³/mol. The fourth-order valence-electron chi connectivity index (χ4n) is 0.717. The summed E-state index contributed by atoms with van der Waals surface area (Å²) in [6.45, 7) is 0.584. The second-order valence-electron chi connectivity index (χ2n) is 2.13. The van der Waals surface area contributed by atoms with Gasteiger partial charge in [-0.1, -0.05) is 23.2 Å². The van der Waals surface area contributed by atoms with Crippen molar-refractivity contribution in [3.05, 3.63) is 28.0 Å². The number of halogens is 2. The molecule has 1 rings (SSSR count). The number of rotatable bonds is 3. The molecule has 3 nitrogen and oxygen atoms in total. The third kappa shape index (κ3) is 2.60. The molecule has 0 unspecified atom stereocenters. The van der Waals surface area contributed by atoms with Crippen molar-refractivity contribution in [2.75, 3.05) is 6.73 Å². The monoisotopic (exact) mass is 206 g/mol. The first-order valence-electron chi connectivity index (χ1n) is 3.31. The molecule has 1 aromatic heterocycles. The van der Waals surface area contributed by atoms with Gasteiger partial charge in [-0.2, -0.15) is 0 Å². The van der Waals surface area contributed by atoms with Crippen molar-refractivity contribution in [1.29, 1.82) is 0 Å². The number of hydrogen-bond donors (Lipinski definition) is 1. The van der Waals surface area contributed by atoms with Gasteiger partial charge >= 0.3 is 0 Å². The van der Waals surface area contributed by atoms with E-state index in [0.717, 1.165) is 5.56 Å². The lowest BCUT2D eigenvalue weighted by atomic mass is 10.3. The molecule has 66 valence electrons. The van der Waals surface area contributed by atoms with Crippen molar-refractivity contribution in [2.24, 2.45) is 5.73 Å². The molecule has 0 saturated carbocycles. The van der Waals surface area contributed by atoms with Crippen molar-refractivity contribution < 1.29 is 4.74 Å². The van der Waals surface area contributed by atoms with Crippen LogP contribution >= 0.6 is 23.2 Å². The van der Waals surface area contributed by atoms with Crippen molar-refractivity contribution in [3.63, 3.8) is 0 Å². The molecule has 0 fully saturated rings. The Bertz CT molecular complexity index is 268. The Kier molecular flexibility index (Phi) is 3.75. The van der Waals surface area contributed by atoms with Crippen molar-refractivity contribution >= 4 is 23.2 Å². The molecule has 0 atom stereocenters. The van der Waals surface area contributed by atoms with Gasteiger partial charge in [-0.05, 0) is 11.6 Å². The zero-order chi connectivity index (χ0) is 8.97. The first-order valence-corrected chi connectivity index (χ1v) is 4.07. The lowest BCUT2D eigenvalue weighted by Crippen LogP contribution is -2.04. The van der Waals surface area contributed by atoms with Crippen LogP contribution in [0, 0.1) is 0 Å². The summed E-state index contributed by atoms with van der Waals surface area (Å²) in [6.07, 6.45) is 1.60. The number of ether oxygens (including phenoxy) is 1. The molecule has 0 spiro atoms. The highest BCUT2D eigenvalue weighted by Gasteiger charge is 1.99. The van der Waals surface area contributed by atoms with Crippen LogP contribution in [0.3, 0.4) is 0 Å². The third-order valence-corrected chi connectivity index (χ3v) is 1.93. The molecule has 2 N–H and O–H groups in total. The van der Waals surface area contributed by atoms with E-state index in [1.165, 1.54) is 0 Å². The Morgan fingerprint density at radius 1 is 1.50 bits per heavy atom. The quantitative estimate of drug-likeness (QED) is 0.607. The van der Waals surface area contributed by atoms with E-state index in [0.29, 0.717) is 16.8 Å². The topological polar surface area (TPSA) is 48.1 Å². The number of aromatic nitrogens is 1. The Labute approximate surface area is 80.4 Å². The number of pyridine rings is 1. The van der Waals surface area contributed by atoms with Crippen LogP contribution in [-0.4, -0.2) is 11.7 Å². The van der Waals surface area contributed by atoms with E-state index in [4.69, 9.17) is 33.7 Å². The van der Waals surface area contributed by atoms with Crippen LogP contribution < -0.4 is 5.73 Å². The van der Waals surface area contributed by atoms with Gasteiger partial charge in [0, 0.05) is 6.20 Å². The molecular formula is C7H8Cl2N2O. The van der Waals surface area contributed by atoms with Gasteiger partial charge in [0.05, 0.1) is 18.4 Å². The highest BCUT2D eigenvalue weighted by molar-refractivity contribution is 6.41. The lowest BCUT2D eigenvalue weighted by Gasteiger charge is -2.01. The summed E-state index contributed by atoms with van der Waals surface area (Å²) >= 11 is 11.3. The van der Waals surface area contributed by atoms with E-state index >= 15 is 0 Å². The van der Waals surface area contributed by atoms with E-state index in [-0.39, 0.29) is 6.73 Å².